The van der Waals surface area contributed by atoms with E-state index in [0.717, 1.165) is 0 Å². The number of carbonyl (C=O) groups is 3. The van der Waals surface area contributed by atoms with Crippen LogP contribution in [0.4, 0.5) is 5.69 Å². The van der Waals surface area contributed by atoms with Crippen molar-refractivity contribution in [1.82, 2.24) is 0 Å². The van der Waals surface area contributed by atoms with Crippen LogP contribution in [0.25, 0.3) is 6.08 Å². The number of hydrogen-bond donors (Lipinski definition) is 1. The first-order valence-electron chi connectivity index (χ1n) is 8.74. The average molecular weight is 397 g/mol. The molecule has 0 aliphatic carbocycles. The number of methoxy groups -OCH3 is 1. The molecule has 1 aliphatic rings. The Hall–Kier alpha value is -3.81. The number of hydrogen-bond acceptors (Lipinski definition) is 7. The molecule has 1 heterocycles. The lowest BCUT2D eigenvalue weighted by Gasteiger charge is -2.12. The Bertz CT molecular complexity index is 950. The van der Waals surface area contributed by atoms with Gasteiger partial charge in [-0.1, -0.05) is 12.1 Å². The third kappa shape index (κ3) is 5.13. The number of benzene rings is 2. The summed E-state index contributed by atoms with van der Waals surface area (Å²) in [5, 5.41) is 2.65. The van der Waals surface area contributed by atoms with Crippen molar-refractivity contribution in [2.24, 2.45) is 0 Å². The minimum Gasteiger partial charge on any atom is -0.465 e. The number of anilines is 1. The van der Waals surface area contributed by atoms with E-state index in [1.54, 1.807) is 42.5 Å². The molecule has 0 saturated heterocycles. The first-order chi connectivity index (χ1) is 14.0. The number of nitrogens with one attached hydrogen (secondary N) is 1. The average Bonchev–Trinajstić information content (AvgIpc) is 3.19. The highest BCUT2D eigenvalue weighted by Crippen LogP contribution is 2.34. The Kier molecular flexibility index (Phi) is 6.13. The van der Waals surface area contributed by atoms with E-state index in [0.29, 0.717) is 28.3 Å². The Labute approximate surface area is 167 Å². The highest BCUT2D eigenvalue weighted by Gasteiger charge is 2.19. The summed E-state index contributed by atoms with van der Waals surface area (Å²) in [7, 11) is 1.30. The lowest BCUT2D eigenvalue weighted by molar-refractivity contribution is -0.148. The molecule has 1 N–H and O–H groups in total. The van der Waals surface area contributed by atoms with Gasteiger partial charge in [0.05, 0.1) is 12.7 Å². The first kappa shape index (κ1) is 19.9. The second-order valence-electron chi connectivity index (χ2n) is 6.08. The molecule has 1 atom stereocenters. The zero-order valence-corrected chi connectivity index (χ0v) is 15.8. The summed E-state index contributed by atoms with van der Waals surface area (Å²) in [5.41, 5.74) is 1.59. The van der Waals surface area contributed by atoms with Crippen molar-refractivity contribution in [2.75, 3.05) is 19.2 Å². The Morgan fingerprint density at radius 1 is 1.07 bits per heavy atom. The SMILES string of the molecule is COC(=O)c1ccc(/C=C/C(=O)O[C@H](C)C(=O)Nc2ccc3c(c2)OCO3)cc1. The van der Waals surface area contributed by atoms with E-state index in [4.69, 9.17) is 14.2 Å². The third-order valence-corrected chi connectivity index (χ3v) is 4.05. The van der Waals surface area contributed by atoms with Gasteiger partial charge in [-0.25, -0.2) is 9.59 Å². The fourth-order valence-corrected chi connectivity index (χ4v) is 2.50. The van der Waals surface area contributed by atoms with E-state index < -0.39 is 23.9 Å². The van der Waals surface area contributed by atoms with Crippen molar-refractivity contribution in [1.29, 1.82) is 0 Å². The summed E-state index contributed by atoms with van der Waals surface area (Å²) in [5.74, 6) is -0.452. The molecule has 8 heteroatoms. The van der Waals surface area contributed by atoms with Gasteiger partial charge in [0.15, 0.2) is 17.6 Å². The molecule has 0 saturated carbocycles. The fourth-order valence-electron chi connectivity index (χ4n) is 2.50. The van der Waals surface area contributed by atoms with Crippen molar-refractivity contribution in [3.63, 3.8) is 0 Å². The van der Waals surface area contributed by atoms with Gasteiger partial charge >= 0.3 is 11.9 Å². The molecule has 1 aliphatic heterocycles. The van der Waals surface area contributed by atoms with Crippen LogP contribution in [0.15, 0.2) is 48.5 Å². The van der Waals surface area contributed by atoms with Crippen LogP contribution in [0.3, 0.4) is 0 Å². The molecule has 1 amide bonds. The van der Waals surface area contributed by atoms with Gasteiger partial charge in [-0.15, -0.1) is 0 Å². The number of ether oxygens (including phenoxy) is 4. The molecule has 2 aromatic carbocycles. The summed E-state index contributed by atoms with van der Waals surface area (Å²) in [6.45, 7) is 1.61. The van der Waals surface area contributed by atoms with Crippen LogP contribution in [0.2, 0.25) is 0 Å². The van der Waals surface area contributed by atoms with Crippen LogP contribution in [-0.4, -0.2) is 37.9 Å². The van der Waals surface area contributed by atoms with Gasteiger partial charge in [-0.2, -0.15) is 0 Å². The molecule has 0 fully saturated rings. The van der Waals surface area contributed by atoms with Gasteiger partial charge in [0.1, 0.15) is 0 Å². The summed E-state index contributed by atoms with van der Waals surface area (Å²) >= 11 is 0. The number of rotatable bonds is 6. The van der Waals surface area contributed by atoms with Gasteiger partial charge in [0.25, 0.3) is 5.91 Å². The van der Waals surface area contributed by atoms with E-state index >= 15 is 0 Å². The summed E-state index contributed by atoms with van der Waals surface area (Å²) < 4.78 is 20.2. The molecule has 0 aromatic heterocycles. The maximum Gasteiger partial charge on any atom is 0.337 e. The van der Waals surface area contributed by atoms with Crippen LogP contribution in [0.1, 0.15) is 22.8 Å². The fraction of sp³-hybridized carbons (Fsp3) is 0.190. The highest BCUT2D eigenvalue weighted by molar-refractivity contribution is 5.97. The van der Waals surface area contributed by atoms with E-state index in [9.17, 15) is 14.4 Å². The van der Waals surface area contributed by atoms with Crippen molar-refractivity contribution in [3.8, 4) is 11.5 Å². The van der Waals surface area contributed by atoms with Crippen LogP contribution < -0.4 is 14.8 Å². The molecule has 0 radical (unpaired) electrons. The predicted molar refractivity (Wildman–Crippen MR) is 104 cm³/mol. The standard InChI is InChI=1S/C21H19NO7/c1-13(20(24)22-16-8-9-17-18(11-16)28-12-27-17)29-19(23)10-5-14-3-6-15(7-4-14)21(25)26-2/h3-11,13H,12H2,1-2H3,(H,22,24)/b10-5+/t13-/m1/s1. The zero-order chi connectivity index (χ0) is 20.8. The molecule has 150 valence electrons. The van der Waals surface area contributed by atoms with Gasteiger partial charge in [0.2, 0.25) is 6.79 Å². The summed E-state index contributed by atoms with van der Waals surface area (Å²) in [6, 6.07) is 11.5. The topological polar surface area (TPSA) is 100 Å². The van der Waals surface area contributed by atoms with Crippen LogP contribution in [0.5, 0.6) is 11.5 Å². The van der Waals surface area contributed by atoms with Crippen molar-refractivity contribution in [3.05, 3.63) is 59.7 Å². The number of amides is 1. The minimum atomic E-state index is -1.00. The summed E-state index contributed by atoms with van der Waals surface area (Å²) in [6.07, 6.45) is 1.72. The molecule has 3 rings (SSSR count). The van der Waals surface area contributed by atoms with Crippen molar-refractivity contribution >= 4 is 29.6 Å². The van der Waals surface area contributed by atoms with E-state index in [-0.39, 0.29) is 6.79 Å². The lowest BCUT2D eigenvalue weighted by Crippen LogP contribution is -2.29. The van der Waals surface area contributed by atoms with Gasteiger partial charge < -0.3 is 24.3 Å². The number of carbonyl (C=O) groups excluding carboxylic acids is 3. The monoisotopic (exact) mass is 397 g/mol. The zero-order valence-electron chi connectivity index (χ0n) is 15.8. The quantitative estimate of drug-likeness (QED) is 0.591. The molecule has 0 bridgehead atoms. The van der Waals surface area contributed by atoms with Crippen LogP contribution in [0, 0.1) is 0 Å². The molecule has 2 aromatic rings. The molecule has 0 spiro atoms. The second-order valence-corrected chi connectivity index (χ2v) is 6.08. The predicted octanol–water partition coefficient (Wildman–Crippen LogP) is 2.79. The number of fused-ring (bicyclic) bond motifs is 1. The lowest BCUT2D eigenvalue weighted by atomic mass is 10.1. The van der Waals surface area contributed by atoms with E-state index in [2.05, 4.69) is 10.1 Å². The largest absolute Gasteiger partial charge is 0.465 e. The Morgan fingerprint density at radius 3 is 2.52 bits per heavy atom. The second kappa shape index (κ2) is 8.92. The van der Waals surface area contributed by atoms with Crippen LogP contribution in [-0.2, 0) is 19.1 Å². The Balaban J connectivity index is 1.52. The molecule has 8 nitrogen and oxygen atoms in total. The number of esters is 2. The smallest absolute Gasteiger partial charge is 0.337 e. The maximum atomic E-state index is 12.2. The first-order valence-corrected chi connectivity index (χ1v) is 8.74. The third-order valence-electron chi connectivity index (χ3n) is 4.05. The molecular formula is C21H19NO7. The minimum absolute atomic E-state index is 0.137. The van der Waals surface area contributed by atoms with E-state index in [1.165, 1.54) is 26.2 Å². The van der Waals surface area contributed by atoms with Gasteiger partial charge in [-0.3, -0.25) is 4.79 Å². The highest BCUT2D eigenvalue weighted by atomic mass is 16.7. The molecular weight excluding hydrogens is 378 g/mol. The normalized spacial score (nSPS) is 13.0. The molecule has 29 heavy (non-hydrogen) atoms. The van der Waals surface area contributed by atoms with E-state index in [1.807, 2.05) is 0 Å². The summed E-state index contributed by atoms with van der Waals surface area (Å²) in [4.78, 5) is 35.6. The van der Waals surface area contributed by atoms with Crippen molar-refractivity contribution in [2.45, 2.75) is 13.0 Å². The maximum absolute atomic E-state index is 12.2. The van der Waals surface area contributed by atoms with Crippen LogP contribution >= 0.6 is 0 Å². The van der Waals surface area contributed by atoms with Gasteiger partial charge in [0, 0.05) is 17.8 Å². The molecule has 0 unspecified atom stereocenters. The van der Waals surface area contributed by atoms with Crippen molar-refractivity contribution < 1.29 is 33.3 Å². The Morgan fingerprint density at radius 2 is 1.79 bits per heavy atom. The van der Waals surface area contributed by atoms with Gasteiger partial charge in [-0.05, 0) is 42.8 Å².